The lowest BCUT2D eigenvalue weighted by atomic mass is 9.97. The molecule has 0 bridgehead atoms. The molecule has 6 rings (SSSR count). The summed E-state index contributed by atoms with van der Waals surface area (Å²) in [6, 6.07) is 6.94. The number of likely N-dealkylation sites (tertiary alicyclic amines) is 1. The van der Waals surface area contributed by atoms with Gasteiger partial charge in [-0.25, -0.2) is 9.37 Å². The molecule has 176 valence electrons. The van der Waals surface area contributed by atoms with E-state index in [1.54, 1.807) is 17.2 Å². The zero-order valence-corrected chi connectivity index (χ0v) is 19.2. The standard InChI is InChI=1S/C26H28FN5O2/c1-30-14-21-24-19(20-12-17(27)2-3-22(20)30)4-8-28-26(24)29-25(21)16-5-9-31(10-6-16)15-23(34)32-11-7-18(33)13-32/h2-5,8,12,18,33H,6-7,9-11,13-15H2,1H3,(H,28,29)/t18-/m0/s1. The number of aliphatic hydroxyl groups is 1. The number of β-amino-alcohol motifs (C(OH)–C–C–N with tert-alkyl or cyclic N) is 1. The van der Waals surface area contributed by atoms with E-state index >= 15 is 0 Å². The van der Waals surface area contributed by atoms with E-state index in [0.29, 0.717) is 39.1 Å². The van der Waals surface area contributed by atoms with Crippen LogP contribution in [0.5, 0.6) is 0 Å². The third-order valence-corrected chi connectivity index (χ3v) is 7.34. The van der Waals surface area contributed by atoms with Crippen LogP contribution in [0.1, 0.15) is 24.1 Å². The van der Waals surface area contributed by atoms with Crippen LogP contribution in [0.3, 0.4) is 0 Å². The lowest BCUT2D eigenvalue weighted by Crippen LogP contribution is -2.41. The number of carbonyl (C=O) groups is 1. The average Bonchev–Trinajstić information content (AvgIpc) is 3.40. The largest absolute Gasteiger partial charge is 0.391 e. The van der Waals surface area contributed by atoms with Crippen LogP contribution in [-0.4, -0.2) is 76.7 Å². The highest BCUT2D eigenvalue weighted by Crippen LogP contribution is 2.43. The molecule has 5 heterocycles. The maximum absolute atomic E-state index is 14.2. The van der Waals surface area contributed by atoms with E-state index in [4.69, 9.17) is 0 Å². The molecule has 1 amide bonds. The lowest BCUT2D eigenvalue weighted by Gasteiger charge is -2.28. The molecule has 3 aliphatic rings. The van der Waals surface area contributed by atoms with Crippen LogP contribution in [0.4, 0.5) is 10.1 Å². The third-order valence-electron chi connectivity index (χ3n) is 7.34. The Hall–Kier alpha value is -3.23. The SMILES string of the molecule is CN1Cc2c(C3=CCN(CC(=O)N4CC[C@H](O)C4)CC3)[nH]c3nccc(c23)-c2cc(F)ccc21. The minimum atomic E-state index is -0.390. The number of rotatable bonds is 3. The van der Waals surface area contributed by atoms with Gasteiger partial charge in [0.2, 0.25) is 5.91 Å². The highest BCUT2D eigenvalue weighted by Gasteiger charge is 2.29. The number of hydrogen-bond donors (Lipinski definition) is 2. The van der Waals surface area contributed by atoms with Crippen molar-refractivity contribution in [3.8, 4) is 11.1 Å². The summed E-state index contributed by atoms with van der Waals surface area (Å²) in [6.45, 7) is 3.66. The Balaban J connectivity index is 1.30. The summed E-state index contributed by atoms with van der Waals surface area (Å²) < 4.78 is 14.2. The molecule has 3 aliphatic heterocycles. The molecular formula is C26H28FN5O2. The Kier molecular flexibility index (Phi) is 5.15. The minimum Gasteiger partial charge on any atom is -0.391 e. The number of aromatic amines is 1. The van der Waals surface area contributed by atoms with Crippen molar-refractivity contribution >= 4 is 28.2 Å². The molecule has 0 radical (unpaired) electrons. The highest BCUT2D eigenvalue weighted by molar-refractivity contribution is 6.02. The van der Waals surface area contributed by atoms with Gasteiger partial charge < -0.3 is 19.9 Å². The second-order valence-corrected chi connectivity index (χ2v) is 9.57. The molecule has 1 aromatic carbocycles. The number of benzene rings is 1. The first-order chi connectivity index (χ1) is 16.5. The molecule has 7 nitrogen and oxygen atoms in total. The quantitative estimate of drug-likeness (QED) is 0.627. The van der Waals surface area contributed by atoms with Gasteiger partial charge in [0.25, 0.3) is 0 Å². The van der Waals surface area contributed by atoms with Gasteiger partial charge in [0.05, 0.1) is 12.6 Å². The molecule has 1 atom stereocenters. The fourth-order valence-corrected chi connectivity index (χ4v) is 5.56. The molecule has 3 aromatic rings. The van der Waals surface area contributed by atoms with Crippen LogP contribution in [-0.2, 0) is 11.3 Å². The predicted molar refractivity (Wildman–Crippen MR) is 130 cm³/mol. The first-order valence-corrected chi connectivity index (χ1v) is 11.9. The van der Waals surface area contributed by atoms with Crippen molar-refractivity contribution < 1.29 is 14.3 Å². The number of halogens is 1. The van der Waals surface area contributed by atoms with Crippen LogP contribution in [0.15, 0.2) is 36.5 Å². The number of hydrogen-bond acceptors (Lipinski definition) is 5. The van der Waals surface area contributed by atoms with Crippen molar-refractivity contribution in [3.63, 3.8) is 0 Å². The van der Waals surface area contributed by atoms with E-state index in [9.17, 15) is 14.3 Å². The van der Waals surface area contributed by atoms with Crippen LogP contribution in [0.25, 0.3) is 27.7 Å². The summed E-state index contributed by atoms with van der Waals surface area (Å²) in [4.78, 5) is 26.8. The van der Waals surface area contributed by atoms with Gasteiger partial charge in [0.15, 0.2) is 0 Å². The summed E-state index contributed by atoms with van der Waals surface area (Å²) in [5.41, 5.74) is 7.20. The zero-order valence-electron chi connectivity index (χ0n) is 19.2. The first-order valence-electron chi connectivity index (χ1n) is 11.9. The molecule has 0 spiro atoms. The molecule has 0 aliphatic carbocycles. The Morgan fingerprint density at radius 1 is 1.26 bits per heavy atom. The van der Waals surface area contributed by atoms with Crippen LogP contribution < -0.4 is 4.90 Å². The van der Waals surface area contributed by atoms with Crippen molar-refractivity contribution in [2.75, 3.05) is 44.7 Å². The number of pyridine rings is 1. The molecule has 1 saturated heterocycles. The number of H-pyrrole nitrogens is 1. The molecule has 8 heteroatoms. The molecular weight excluding hydrogens is 433 g/mol. The summed E-state index contributed by atoms with van der Waals surface area (Å²) in [6.07, 6.45) is 5.09. The number of amides is 1. The van der Waals surface area contributed by atoms with Gasteiger partial charge in [-0.2, -0.15) is 0 Å². The fraction of sp³-hybridized carbons (Fsp3) is 0.385. The smallest absolute Gasteiger partial charge is 0.236 e. The van der Waals surface area contributed by atoms with E-state index in [1.165, 1.54) is 17.2 Å². The van der Waals surface area contributed by atoms with Crippen LogP contribution >= 0.6 is 0 Å². The van der Waals surface area contributed by atoms with E-state index in [-0.39, 0.29) is 17.8 Å². The summed E-state index contributed by atoms with van der Waals surface area (Å²) >= 11 is 0. The Bertz CT molecular complexity index is 1320. The molecule has 2 N–H and O–H groups in total. The van der Waals surface area contributed by atoms with Gasteiger partial charge in [-0.05, 0) is 48.2 Å². The Labute approximate surface area is 197 Å². The predicted octanol–water partition coefficient (Wildman–Crippen LogP) is 3.00. The minimum absolute atomic E-state index is 0.0889. The van der Waals surface area contributed by atoms with Crippen molar-refractivity contribution in [1.82, 2.24) is 19.8 Å². The monoisotopic (exact) mass is 461 g/mol. The normalized spacial score (nSPS) is 20.4. The number of fused-ring (bicyclic) bond motifs is 2. The van der Waals surface area contributed by atoms with Gasteiger partial charge in [-0.3, -0.25) is 9.69 Å². The summed E-state index contributed by atoms with van der Waals surface area (Å²) in [5, 5.41) is 10.8. The van der Waals surface area contributed by atoms with Crippen molar-refractivity contribution in [2.24, 2.45) is 0 Å². The van der Waals surface area contributed by atoms with Crippen LogP contribution in [0.2, 0.25) is 0 Å². The number of nitrogens with one attached hydrogen (secondary N) is 1. The number of anilines is 1. The lowest BCUT2D eigenvalue weighted by molar-refractivity contribution is -0.131. The summed E-state index contributed by atoms with van der Waals surface area (Å²) in [5.74, 6) is -0.157. The topological polar surface area (TPSA) is 75.7 Å². The molecule has 0 unspecified atom stereocenters. The first kappa shape index (κ1) is 21.3. The second-order valence-electron chi connectivity index (χ2n) is 9.57. The van der Waals surface area contributed by atoms with Crippen molar-refractivity contribution in [1.29, 1.82) is 0 Å². The van der Waals surface area contributed by atoms with Crippen molar-refractivity contribution in [3.05, 3.63) is 53.6 Å². The molecule has 34 heavy (non-hydrogen) atoms. The molecule has 1 fully saturated rings. The fourth-order valence-electron chi connectivity index (χ4n) is 5.56. The Morgan fingerprint density at radius 3 is 2.91 bits per heavy atom. The maximum atomic E-state index is 14.2. The Morgan fingerprint density at radius 2 is 2.15 bits per heavy atom. The zero-order chi connectivity index (χ0) is 23.4. The molecule has 0 saturated carbocycles. The van der Waals surface area contributed by atoms with E-state index < -0.39 is 0 Å². The van der Waals surface area contributed by atoms with Gasteiger partial charge in [0, 0.05) is 73.9 Å². The maximum Gasteiger partial charge on any atom is 0.236 e. The van der Waals surface area contributed by atoms with E-state index in [1.807, 2.05) is 19.2 Å². The number of carbonyl (C=O) groups excluding carboxylic acids is 1. The number of aromatic nitrogens is 2. The number of nitrogens with zero attached hydrogens (tertiary/aromatic N) is 4. The van der Waals surface area contributed by atoms with Gasteiger partial charge in [-0.15, -0.1) is 0 Å². The van der Waals surface area contributed by atoms with Gasteiger partial charge >= 0.3 is 0 Å². The van der Waals surface area contributed by atoms with Crippen molar-refractivity contribution in [2.45, 2.75) is 25.5 Å². The van der Waals surface area contributed by atoms with Gasteiger partial charge in [-0.1, -0.05) is 6.08 Å². The van der Waals surface area contributed by atoms with E-state index in [0.717, 1.165) is 46.5 Å². The van der Waals surface area contributed by atoms with Crippen LogP contribution in [0, 0.1) is 5.82 Å². The summed E-state index contributed by atoms with van der Waals surface area (Å²) in [7, 11) is 2.04. The average molecular weight is 462 g/mol. The van der Waals surface area contributed by atoms with Gasteiger partial charge in [0.1, 0.15) is 11.5 Å². The number of aliphatic hydroxyl groups excluding tert-OH is 1. The highest BCUT2D eigenvalue weighted by atomic mass is 19.1. The molecule has 2 aromatic heterocycles. The second kappa shape index (κ2) is 8.21. The third kappa shape index (κ3) is 3.58. The van der Waals surface area contributed by atoms with E-state index in [2.05, 4.69) is 25.8 Å².